The highest BCUT2D eigenvalue weighted by atomic mass is 79.9. The van der Waals surface area contributed by atoms with Crippen molar-refractivity contribution in [2.75, 3.05) is 6.54 Å². The average molecular weight is 327 g/mol. The number of hydrogen-bond acceptors (Lipinski definition) is 4. The van der Waals surface area contributed by atoms with Gasteiger partial charge in [-0.2, -0.15) is 0 Å². The zero-order valence-corrected chi connectivity index (χ0v) is 12.5. The third-order valence-electron chi connectivity index (χ3n) is 1.77. The van der Waals surface area contributed by atoms with E-state index in [0.29, 0.717) is 4.60 Å². The molecule has 1 aromatic rings. The molecule has 0 aliphatic heterocycles. The van der Waals surface area contributed by atoms with Crippen LogP contribution in [0, 0.1) is 11.8 Å². The second-order valence-electron chi connectivity index (χ2n) is 4.66. The molecular formula is C13H15BrN2O3. The van der Waals surface area contributed by atoms with Gasteiger partial charge in [-0.25, -0.2) is 9.78 Å². The third kappa shape index (κ3) is 6.11. The van der Waals surface area contributed by atoms with Gasteiger partial charge in [0.15, 0.2) is 5.69 Å². The Morgan fingerprint density at radius 1 is 1.53 bits per heavy atom. The van der Waals surface area contributed by atoms with Crippen molar-refractivity contribution in [1.29, 1.82) is 0 Å². The summed E-state index contributed by atoms with van der Waals surface area (Å²) in [5.74, 6) is 5.34. The molecule has 0 radical (unpaired) electrons. The predicted octanol–water partition coefficient (Wildman–Crippen LogP) is 2.43. The van der Waals surface area contributed by atoms with Crippen molar-refractivity contribution in [1.82, 2.24) is 10.3 Å². The molecule has 0 atom stereocenters. The van der Waals surface area contributed by atoms with Gasteiger partial charge in [-0.15, -0.1) is 0 Å². The van der Waals surface area contributed by atoms with Crippen molar-refractivity contribution in [3.8, 4) is 17.6 Å². The topological polar surface area (TPSA) is 71.5 Å². The Bertz CT molecular complexity index is 527. The minimum Gasteiger partial charge on any atom is -0.505 e. The molecule has 0 spiro atoms. The van der Waals surface area contributed by atoms with E-state index in [0.717, 1.165) is 0 Å². The fourth-order valence-electron chi connectivity index (χ4n) is 1.08. The maximum absolute atomic E-state index is 11.3. The summed E-state index contributed by atoms with van der Waals surface area (Å²) in [5.41, 5.74) is -0.290. The van der Waals surface area contributed by atoms with Gasteiger partial charge in [0.2, 0.25) is 0 Å². The lowest BCUT2D eigenvalue weighted by Crippen LogP contribution is -2.32. The number of carbonyl (C=O) groups excluding carboxylic acids is 1. The molecule has 0 aliphatic carbocycles. The van der Waals surface area contributed by atoms with Crippen molar-refractivity contribution in [3.05, 3.63) is 22.4 Å². The van der Waals surface area contributed by atoms with E-state index in [1.807, 2.05) is 0 Å². The van der Waals surface area contributed by atoms with Crippen LogP contribution >= 0.6 is 15.9 Å². The first-order valence-corrected chi connectivity index (χ1v) is 6.38. The molecule has 0 unspecified atom stereocenters. The van der Waals surface area contributed by atoms with Crippen molar-refractivity contribution in [3.63, 3.8) is 0 Å². The summed E-state index contributed by atoms with van der Waals surface area (Å²) in [6, 6.07) is 3.10. The minimum absolute atomic E-state index is 0.00651. The van der Waals surface area contributed by atoms with Crippen molar-refractivity contribution >= 4 is 22.0 Å². The van der Waals surface area contributed by atoms with E-state index in [2.05, 4.69) is 38.1 Å². The molecule has 2 N–H and O–H groups in total. The average Bonchev–Trinajstić information content (AvgIpc) is 2.26. The second kappa shape index (κ2) is 6.43. The van der Waals surface area contributed by atoms with Crippen LogP contribution in [0.4, 0.5) is 4.79 Å². The molecule has 1 amide bonds. The summed E-state index contributed by atoms with van der Waals surface area (Å²) < 4.78 is 5.62. The van der Waals surface area contributed by atoms with Crippen LogP contribution in [0.5, 0.6) is 5.75 Å². The smallest absolute Gasteiger partial charge is 0.408 e. The first kappa shape index (κ1) is 15.3. The van der Waals surface area contributed by atoms with Gasteiger partial charge in [-0.3, -0.25) is 0 Å². The number of aromatic hydroxyl groups is 1. The van der Waals surface area contributed by atoms with Crippen molar-refractivity contribution in [2.45, 2.75) is 26.4 Å². The van der Waals surface area contributed by atoms with Crippen molar-refractivity contribution in [2.24, 2.45) is 0 Å². The summed E-state index contributed by atoms with van der Waals surface area (Å²) in [5, 5.41) is 12.0. The lowest BCUT2D eigenvalue weighted by Gasteiger charge is -2.18. The van der Waals surface area contributed by atoms with Crippen LogP contribution in [0.25, 0.3) is 0 Å². The summed E-state index contributed by atoms with van der Waals surface area (Å²) in [4.78, 5) is 15.3. The molecule has 0 saturated carbocycles. The fourth-order valence-corrected chi connectivity index (χ4v) is 1.39. The number of nitrogens with one attached hydrogen (secondary N) is 1. The molecule has 0 saturated heterocycles. The largest absolute Gasteiger partial charge is 0.505 e. The quantitative estimate of drug-likeness (QED) is 0.614. The molecule has 19 heavy (non-hydrogen) atoms. The number of ether oxygens (including phenoxy) is 1. The number of alkyl carbamates (subject to hydrolysis) is 1. The van der Waals surface area contributed by atoms with Crippen LogP contribution in [0.1, 0.15) is 26.5 Å². The number of amides is 1. The van der Waals surface area contributed by atoms with E-state index < -0.39 is 11.7 Å². The number of rotatable bonds is 1. The van der Waals surface area contributed by atoms with Gasteiger partial charge in [0.1, 0.15) is 16.0 Å². The number of hydrogen-bond donors (Lipinski definition) is 2. The van der Waals surface area contributed by atoms with Crippen LogP contribution in [0.15, 0.2) is 16.7 Å². The second-order valence-corrected chi connectivity index (χ2v) is 5.47. The number of pyridine rings is 1. The monoisotopic (exact) mass is 326 g/mol. The Balaban J connectivity index is 2.52. The van der Waals surface area contributed by atoms with Gasteiger partial charge in [0.05, 0.1) is 6.54 Å². The Hall–Kier alpha value is -1.74. The third-order valence-corrected chi connectivity index (χ3v) is 2.21. The van der Waals surface area contributed by atoms with Crippen LogP contribution in [-0.2, 0) is 4.74 Å². The Morgan fingerprint density at radius 3 is 2.84 bits per heavy atom. The van der Waals surface area contributed by atoms with E-state index in [1.54, 1.807) is 26.8 Å². The van der Waals surface area contributed by atoms with Gasteiger partial charge in [0.25, 0.3) is 0 Å². The zero-order valence-electron chi connectivity index (χ0n) is 11.0. The Morgan fingerprint density at radius 2 is 2.21 bits per heavy atom. The molecule has 0 bridgehead atoms. The highest BCUT2D eigenvalue weighted by Crippen LogP contribution is 2.16. The molecule has 6 heteroatoms. The molecule has 102 valence electrons. The zero-order chi connectivity index (χ0) is 14.5. The lowest BCUT2D eigenvalue weighted by molar-refractivity contribution is 0.0535. The van der Waals surface area contributed by atoms with Gasteiger partial charge in [0, 0.05) is 0 Å². The van der Waals surface area contributed by atoms with E-state index in [1.165, 1.54) is 6.07 Å². The fraction of sp³-hybridized carbons (Fsp3) is 0.385. The van der Waals surface area contributed by atoms with Crippen LogP contribution in [-0.4, -0.2) is 28.3 Å². The molecule has 1 heterocycles. The molecule has 0 aliphatic rings. The summed E-state index contributed by atoms with van der Waals surface area (Å²) >= 11 is 3.18. The Kier molecular flexibility index (Phi) is 5.19. The SMILES string of the molecule is CC(C)(C)OC(=O)NCC#Cc1nc(Br)ccc1O. The molecule has 0 fully saturated rings. The molecule has 5 nitrogen and oxygen atoms in total. The number of carbonyl (C=O) groups is 1. The van der Waals surface area contributed by atoms with Gasteiger partial charge in [-0.05, 0) is 54.8 Å². The van der Waals surface area contributed by atoms with Crippen LogP contribution in [0.3, 0.4) is 0 Å². The van der Waals surface area contributed by atoms with Gasteiger partial charge in [-0.1, -0.05) is 5.92 Å². The molecule has 1 rings (SSSR count). The first-order chi connectivity index (χ1) is 8.78. The van der Waals surface area contributed by atoms with Crippen LogP contribution < -0.4 is 5.32 Å². The minimum atomic E-state index is -0.540. The van der Waals surface area contributed by atoms with Crippen LogP contribution in [0.2, 0.25) is 0 Å². The standard InChI is InChI=1S/C13H15BrN2O3/c1-13(2,3)19-12(18)15-8-4-5-9-10(17)6-7-11(14)16-9/h6-7,17H,8H2,1-3H3,(H,15,18). The highest BCUT2D eigenvalue weighted by Gasteiger charge is 2.14. The number of aromatic nitrogens is 1. The number of nitrogens with zero attached hydrogens (tertiary/aromatic N) is 1. The molecule has 0 aromatic carbocycles. The molecular weight excluding hydrogens is 312 g/mol. The number of halogens is 1. The van der Waals surface area contributed by atoms with E-state index in [9.17, 15) is 9.90 Å². The summed E-state index contributed by atoms with van der Waals surface area (Å²) in [6.07, 6.45) is -0.534. The van der Waals surface area contributed by atoms with E-state index in [-0.39, 0.29) is 18.0 Å². The highest BCUT2D eigenvalue weighted by molar-refractivity contribution is 9.10. The lowest BCUT2D eigenvalue weighted by atomic mass is 10.2. The summed E-state index contributed by atoms with van der Waals surface area (Å²) in [6.45, 7) is 5.45. The van der Waals surface area contributed by atoms with Gasteiger partial charge < -0.3 is 15.2 Å². The van der Waals surface area contributed by atoms with Crippen molar-refractivity contribution < 1.29 is 14.6 Å². The molecule has 1 aromatic heterocycles. The Labute approximate surface area is 120 Å². The maximum Gasteiger partial charge on any atom is 0.408 e. The predicted molar refractivity (Wildman–Crippen MR) is 74.7 cm³/mol. The summed E-state index contributed by atoms with van der Waals surface area (Å²) in [7, 11) is 0. The van der Waals surface area contributed by atoms with E-state index >= 15 is 0 Å². The normalized spacial score (nSPS) is 10.3. The van der Waals surface area contributed by atoms with Gasteiger partial charge >= 0.3 is 6.09 Å². The van der Waals surface area contributed by atoms with E-state index in [4.69, 9.17) is 4.74 Å². The maximum atomic E-state index is 11.3. The first-order valence-electron chi connectivity index (χ1n) is 5.59.